The Labute approximate surface area is 133 Å². The largest absolute Gasteiger partial charge is 0.398 e. The highest BCUT2D eigenvalue weighted by Gasteiger charge is 2.33. The molecule has 0 bridgehead atoms. The first-order valence-corrected chi connectivity index (χ1v) is 8.99. The highest BCUT2D eigenvalue weighted by atomic mass is 79.9. The number of rotatable bonds is 3. The Kier molecular flexibility index (Phi) is 4.92. The summed E-state index contributed by atoms with van der Waals surface area (Å²) in [5.41, 5.74) is 5.89. The molecule has 1 saturated heterocycles. The number of anilines is 1. The first kappa shape index (κ1) is 16.7. The molecule has 8 heteroatoms. The van der Waals surface area contributed by atoms with Gasteiger partial charge < -0.3 is 5.73 Å². The zero-order chi connectivity index (χ0) is 15.8. The van der Waals surface area contributed by atoms with E-state index in [1.807, 2.05) is 13.8 Å². The van der Waals surface area contributed by atoms with Gasteiger partial charge in [-0.1, -0.05) is 6.92 Å². The van der Waals surface area contributed by atoms with Crippen LogP contribution in [0.3, 0.4) is 0 Å². The Morgan fingerprint density at radius 3 is 2.67 bits per heavy atom. The summed E-state index contributed by atoms with van der Waals surface area (Å²) < 4.78 is 40.9. The van der Waals surface area contributed by atoms with Crippen LogP contribution in [0.5, 0.6) is 0 Å². The molecule has 0 saturated carbocycles. The minimum Gasteiger partial charge on any atom is -0.398 e. The molecule has 0 amide bonds. The molecule has 2 N–H and O–H groups in total. The monoisotopic (exact) mass is 379 g/mol. The van der Waals surface area contributed by atoms with E-state index in [1.165, 1.54) is 10.4 Å². The van der Waals surface area contributed by atoms with Gasteiger partial charge in [-0.05, 0) is 41.5 Å². The number of likely N-dealkylation sites (N-methyl/N-ethyl adjacent to an activating group) is 1. The van der Waals surface area contributed by atoms with Crippen molar-refractivity contribution in [1.29, 1.82) is 0 Å². The Morgan fingerprint density at radius 2 is 2.10 bits per heavy atom. The lowest BCUT2D eigenvalue weighted by Crippen LogP contribution is -2.53. The molecule has 2 rings (SSSR count). The molecule has 1 aromatic rings. The number of benzene rings is 1. The van der Waals surface area contributed by atoms with E-state index in [9.17, 15) is 12.8 Å². The number of sulfonamides is 1. The number of piperazine rings is 1. The zero-order valence-electron chi connectivity index (χ0n) is 12.0. The van der Waals surface area contributed by atoms with Crippen molar-refractivity contribution in [1.82, 2.24) is 9.21 Å². The Balaban J connectivity index is 2.33. The van der Waals surface area contributed by atoms with E-state index in [0.29, 0.717) is 24.1 Å². The molecule has 1 aliphatic rings. The summed E-state index contributed by atoms with van der Waals surface area (Å²) in [4.78, 5) is 1.83. The third-order valence-corrected chi connectivity index (χ3v) is 6.37. The van der Waals surface area contributed by atoms with Crippen molar-refractivity contribution in [3.8, 4) is 0 Å². The van der Waals surface area contributed by atoms with Gasteiger partial charge in [-0.3, -0.25) is 4.90 Å². The highest BCUT2D eigenvalue weighted by Crippen LogP contribution is 2.29. The summed E-state index contributed by atoms with van der Waals surface area (Å²) in [5, 5.41) is 0. The van der Waals surface area contributed by atoms with Gasteiger partial charge in [0, 0.05) is 35.8 Å². The van der Waals surface area contributed by atoms with E-state index >= 15 is 0 Å². The minimum atomic E-state index is -3.87. The molecule has 0 aromatic heterocycles. The van der Waals surface area contributed by atoms with Crippen LogP contribution in [0.1, 0.15) is 13.8 Å². The van der Waals surface area contributed by atoms with Gasteiger partial charge in [0.15, 0.2) is 0 Å². The van der Waals surface area contributed by atoms with Gasteiger partial charge in [0.1, 0.15) is 10.7 Å². The molecule has 1 heterocycles. The lowest BCUT2D eigenvalue weighted by atomic mass is 10.2. The number of nitrogen functional groups attached to an aromatic ring is 1. The molecule has 1 aromatic carbocycles. The summed E-state index contributed by atoms with van der Waals surface area (Å²) >= 11 is 3.09. The van der Waals surface area contributed by atoms with Crippen LogP contribution in [-0.2, 0) is 10.0 Å². The van der Waals surface area contributed by atoms with E-state index < -0.39 is 15.8 Å². The van der Waals surface area contributed by atoms with Crippen molar-refractivity contribution in [2.45, 2.75) is 24.8 Å². The van der Waals surface area contributed by atoms with Gasteiger partial charge in [0.2, 0.25) is 10.0 Å². The molecule has 5 nitrogen and oxygen atoms in total. The second-order valence-electron chi connectivity index (χ2n) is 5.14. The van der Waals surface area contributed by atoms with Crippen molar-refractivity contribution >= 4 is 31.6 Å². The Morgan fingerprint density at radius 1 is 1.43 bits per heavy atom. The molecule has 0 spiro atoms. The third kappa shape index (κ3) is 3.23. The number of hydrogen-bond acceptors (Lipinski definition) is 4. The van der Waals surface area contributed by atoms with Gasteiger partial charge in [-0.2, -0.15) is 4.31 Å². The third-order valence-electron chi connectivity index (χ3n) is 3.80. The molecule has 1 atom stereocenters. The predicted octanol–water partition coefficient (Wildman–Crippen LogP) is 1.89. The Hall–Kier alpha value is -0.700. The number of hydrogen-bond donors (Lipinski definition) is 1. The molecular formula is C13H19BrFN3O2S. The van der Waals surface area contributed by atoms with Crippen LogP contribution >= 0.6 is 15.9 Å². The fraction of sp³-hybridized carbons (Fsp3) is 0.538. The van der Waals surface area contributed by atoms with Crippen molar-refractivity contribution in [3.63, 3.8) is 0 Å². The quantitative estimate of drug-likeness (QED) is 0.814. The van der Waals surface area contributed by atoms with Crippen LogP contribution in [0, 0.1) is 5.82 Å². The standard InChI is InChI=1S/C13H19BrFN3O2S/c1-3-17-4-5-18(8-9(17)2)21(19,20)13-7-12(16)10(14)6-11(13)15/h6-7,9H,3-5,8,16H2,1-2H3. The second kappa shape index (κ2) is 6.20. The van der Waals surface area contributed by atoms with Gasteiger partial charge in [0.25, 0.3) is 0 Å². The molecule has 1 unspecified atom stereocenters. The summed E-state index contributed by atoms with van der Waals surface area (Å²) in [6.07, 6.45) is 0. The highest BCUT2D eigenvalue weighted by molar-refractivity contribution is 9.10. The summed E-state index contributed by atoms with van der Waals surface area (Å²) in [5.74, 6) is -0.790. The van der Waals surface area contributed by atoms with Crippen LogP contribution in [0.15, 0.2) is 21.5 Å². The smallest absolute Gasteiger partial charge is 0.246 e. The first-order chi connectivity index (χ1) is 9.77. The van der Waals surface area contributed by atoms with Crippen LogP contribution in [0.25, 0.3) is 0 Å². The maximum Gasteiger partial charge on any atom is 0.246 e. The number of nitrogens with two attached hydrogens (primary N) is 1. The molecule has 1 aliphatic heterocycles. The zero-order valence-corrected chi connectivity index (χ0v) is 14.4. The average Bonchev–Trinajstić information content (AvgIpc) is 2.42. The van der Waals surface area contributed by atoms with Crippen LogP contribution < -0.4 is 5.73 Å². The van der Waals surface area contributed by atoms with Crippen LogP contribution in [-0.4, -0.2) is 49.8 Å². The molecule has 0 aliphatic carbocycles. The van der Waals surface area contributed by atoms with Crippen molar-refractivity contribution in [2.24, 2.45) is 0 Å². The lowest BCUT2D eigenvalue weighted by molar-refractivity contribution is 0.135. The fourth-order valence-corrected chi connectivity index (χ4v) is 4.44. The van der Waals surface area contributed by atoms with Crippen LogP contribution in [0.2, 0.25) is 0 Å². The van der Waals surface area contributed by atoms with E-state index in [2.05, 4.69) is 20.8 Å². The average molecular weight is 380 g/mol. The van der Waals surface area contributed by atoms with E-state index in [0.717, 1.165) is 12.6 Å². The minimum absolute atomic E-state index is 0.106. The van der Waals surface area contributed by atoms with Crippen molar-refractivity contribution in [2.75, 3.05) is 31.9 Å². The second-order valence-corrected chi connectivity index (χ2v) is 7.91. The van der Waals surface area contributed by atoms with Gasteiger partial charge in [0.05, 0.1) is 0 Å². The van der Waals surface area contributed by atoms with Crippen LogP contribution in [0.4, 0.5) is 10.1 Å². The van der Waals surface area contributed by atoms with Crippen molar-refractivity contribution < 1.29 is 12.8 Å². The summed E-state index contributed by atoms with van der Waals surface area (Å²) in [6.45, 7) is 6.23. The van der Waals surface area contributed by atoms with Crippen molar-refractivity contribution in [3.05, 3.63) is 22.4 Å². The maximum absolute atomic E-state index is 14.0. The number of nitrogens with zero attached hydrogens (tertiary/aromatic N) is 2. The SMILES string of the molecule is CCN1CCN(S(=O)(=O)c2cc(N)c(Br)cc2F)CC1C. The molecule has 0 radical (unpaired) electrons. The Bertz CT molecular complexity index is 639. The maximum atomic E-state index is 14.0. The van der Waals surface area contributed by atoms with Gasteiger partial charge in [-0.15, -0.1) is 0 Å². The summed E-state index contributed by atoms with van der Waals surface area (Å²) in [7, 11) is -3.87. The molecule has 118 valence electrons. The van der Waals surface area contributed by atoms with Gasteiger partial charge in [-0.25, -0.2) is 12.8 Å². The predicted molar refractivity (Wildman–Crippen MR) is 84.0 cm³/mol. The molecule has 21 heavy (non-hydrogen) atoms. The topological polar surface area (TPSA) is 66.6 Å². The van der Waals surface area contributed by atoms with E-state index in [1.54, 1.807) is 0 Å². The van der Waals surface area contributed by atoms with Gasteiger partial charge >= 0.3 is 0 Å². The fourth-order valence-electron chi connectivity index (χ4n) is 2.53. The summed E-state index contributed by atoms with van der Waals surface area (Å²) in [6, 6.07) is 2.37. The van der Waals surface area contributed by atoms with E-state index in [-0.39, 0.29) is 16.6 Å². The first-order valence-electron chi connectivity index (χ1n) is 6.76. The molecular weight excluding hydrogens is 361 g/mol. The van der Waals surface area contributed by atoms with E-state index in [4.69, 9.17) is 5.73 Å². The number of halogens is 2. The molecule has 1 fully saturated rings. The normalized spacial score (nSPS) is 21.6. The lowest BCUT2D eigenvalue weighted by Gasteiger charge is -2.38.